The Balaban J connectivity index is 2.01. The Morgan fingerprint density at radius 1 is 1.10 bits per heavy atom. The van der Waals surface area contributed by atoms with Crippen molar-refractivity contribution in [3.05, 3.63) is 54.4 Å². The van der Waals surface area contributed by atoms with Crippen LogP contribution >= 0.6 is 0 Å². The Hall–Kier alpha value is -1.71. The van der Waals surface area contributed by atoms with Gasteiger partial charge in [0.25, 0.3) is 0 Å². The molecule has 2 N–H and O–H groups in total. The summed E-state index contributed by atoms with van der Waals surface area (Å²) in [6.45, 7) is 5.31. The second kappa shape index (κ2) is 7.91. The van der Waals surface area contributed by atoms with Crippen molar-refractivity contribution in [3.63, 3.8) is 0 Å². The first-order chi connectivity index (χ1) is 10.2. The molecule has 21 heavy (non-hydrogen) atoms. The van der Waals surface area contributed by atoms with E-state index < -0.39 is 0 Å². The van der Waals surface area contributed by atoms with Gasteiger partial charge in [0.2, 0.25) is 0 Å². The predicted octanol–water partition coefficient (Wildman–Crippen LogP) is 3.25. The summed E-state index contributed by atoms with van der Waals surface area (Å²) in [6, 6.07) is 12.7. The minimum atomic E-state index is 0.162. The fraction of sp³-hybridized carbons (Fsp3) is 0.389. The number of hydrogen-bond donors (Lipinski definition) is 2. The van der Waals surface area contributed by atoms with Gasteiger partial charge in [-0.05, 0) is 47.2 Å². The maximum absolute atomic E-state index is 9.42. The largest absolute Gasteiger partial charge is 0.395 e. The SMILES string of the molecule is CC(C)CC(CO)NCc1cccc(-c2ccncc2)c1. The minimum absolute atomic E-state index is 0.162. The molecule has 1 aromatic heterocycles. The first-order valence-electron chi connectivity index (χ1n) is 7.52. The highest BCUT2D eigenvalue weighted by Gasteiger charge is 2.09. The van der Waals surface area contributed by atoms with Crippen LogP contribution in [-0.2, 0) is 6.54 Å². The van der Waals surface area contributed by atoms with E-state index in [1.54, 1.807) is 0 Å². The molecule has 2 rings (SSSR count). The zero-order valence-electron chi connectivity index (χ0n) is 12.8. The van der Waals surface area contributed by atoms with Gasteiger partial charge in [-0.3, -0.25) is 4.98 Å². The smallest absolute Gasteiger partial charge is 0.0584 e. The van der Waals surface area contributed by atoms with Crippen LogP contribution in [0.25, 0.3) is 11.1 Å². The van der Waals surface area contributed by atoms with Gasteiger partial charge in [0, 0.05) is 25.0 Å². The van der Waals surface area contributed by atoms with E-state index in [0.29, 0.717) is 5.92 Å². The Bertz CT molecular complexity index is 540. The van der Waals surface area contributed by atoms with Crippen LogP contribution in [0.1, 0.15) is 25.8 Å². The number of nitrogens with one attached hydrogen (secondary N) is 1. The molecular formula is C18H24N2O. The third-order valence-corrected chi connectivity index (χ3v) is 3.51. The summed E-state index contributed by atoms with van der Waals surface area (Å²) in [5.74, 6) is 0.581. The molecule has 0 spiro atoms. The molecule has 3 nitrogen and oxygen atoms in total. The molecule has 3 heteroatoms. The van der Waals surface area contributed by atoms with E-state index in [4.69, 9.17) is 0 Å². The van der Waals surface area contributed by atoms with Crippen LogP contribution in [0, 0.1) is 5.92 Å². The summed E-state index contributed by atoms with van der Waals surface area (Å²) in [7, 11) is 0. The molecule has 0 amide bonds. The molecular weight excluding hydrogens is 260 g/mol. The molecule has 0 fully saturated rings. The summed E-state index contributed by atoms with van der Waals surface area (Å²) in [5, 5.41) is 12.8. The number of benzene rings is 1. The van der Waals surface area contributed by atoms with E-state index in [2.05, 4.69) is 48.4 Å². The van der Waals surface area contributed by atoms with E-state index in [1.165, 1.54) is 16.7 Å². The summed E-state index contributed by atoms with van der Waals surface area (Å²) in [4.78, 5) is 4.05. The highest BCUT2D eigenvalue weighted by Crippen LogP contribution is 2.19. The zero-order chi connectivity index (χ0) is 15.1. The van der Waals surface area contributed by atoms with Gasteiger partial charge in [0.1, 0.15) is 0 Å². The van der Waals surface area contributed by atoms with E-state index in [1.807, 2.05) is 24.5 Å². The van der Waals surface area contributed by atoms with E-state index >= 15 is 0 Å². The lowest BCUT2D eigenvalue weighted by Gasteiger charge is -2.18. The normalized spacial score (nSPS) is 12.6. The number of rotatable bonds is 7. The van der Waals surface area contributed by atoms with Crippen molar-refractivity contribution in [1.82, 2.24) is 10.3 Å². The van der Waals surface area contributed by atoms with Crippen molar-refractivity contribution in [2.75, 3.05) is 6.61 Å². The Kier molecular flexibility index (Phi) is 5.90. The number of hydrogen-bond acceptors (Lipinski definition) is 3. The van der Waals surface area contributed by atoms with Crippen molar-refractivity contribution in [1.29, 1.82) is 0 Å². The van der Waals surface area contributed by atoms with Crippen LogP contribution in [-0.4, -0.2) is 22.7 Å². The highest BCUT2D eigenvalue weighted by molar-refractivity contribution is 5.63. The molecule has 1 heterocycles. The van der Waals surface area contributed by atoms with Crippen molar-refractivity contribution in [2.24, 2.45) is 5.92 Å². The third kappa shape index (κ3) is 4.96. The number of aromatic nitrogens is 1. The molecule has 0 aliphatic carbocycles. The quantitative estimate of drug-likeness (QED) is 0.820. The Morgan fingerprint density at radius 2 is 1.86 bits per heavy atom. The third-order valence-electron chi connectivity index (χ3n) is 3.51. The van der Waals surface area contributed by atoms with Crippen molar-refractivity contribution in [3.8, 4) is 11.1 Å². The molecule has 1 unspecified atom stereocenters. The van der Waals surface area contributed by atoms with Gasteiger partial charge < -0.3 is 10.4 Å². The van der Waals surface area contributed by atoms with Crippen molar-refractivity contribution >= 4 is 0 Å². The van der Waals surface area contributed by atoms with E-state index in [0.717, 1.165) is 13.0 Å². The monoisotopic (exact) mass is 284 g/mol. The second-order valence-corrected chi connectivity index (χ2v) is 5.83. The molecule has 0 saturated carbocycles. The molecule has 1 aromatic carbocycles. The first-order valence-corrected chi connectivity index (χ1v) is 7.52. The average molecular weight is 284 g/mol. The van der Waals surface area contributed by atoms with E-state index in [-0.39, 0.29) is 12.6 Å². The van der Waals surface area contributed by atoms with Gasteiger partial charge >= 0.3 is 0 Å². The van der Waals surface area contributed by atoms with Crippen LogP contribution in [0.15, 0.2) is 48.8 Å². The lowest BCUT2D eigenvalue weighted by atomic mass is 10.0. The molecule has 0 bridgehead atoms. The lowest BCUT2D eigenvalue weighted by Crippen LogP contribution is -2.33. The van der Waals surface area contributed by atoms with Crippen LogP contribution in [0.4, 0.5) is 0 Å². The molecule has 0 aliphatic rings. The Labute approximate surface area is 127 Å². The number of aliphatic hydroxyl groups is 1. The maximum Gasteiger partial charge on any atom is 0.0584 e. The average Bonchev–Trinajstić information content (AvgIpc) is 2.52. The van der Waals surface area contributed by atoms with Crippen molar-refractivity contribution in [2.45, 2.75) is 32.9 Å². The summed E-state index contributed by atoms with van der Waals surface area (Å²) >= 11 is 0. The van der Waals surface area contributed by atoms with Crippen molar-refractivity contribution < 1.29 is 5.11 Å². The zero-order valence-corrected chi connectivity index (χ0v) is 12.8. The minimum Gasteiger partial charge on any atom is -0.395 e. The number of aliphatic hydroxyl groups excluding tert-OH is 1. The predicted molar refractivity (Wildman–Crippen MR) is 86.8 cm³/mol. The lowest BCUT2D eigenvalue weighted by molar-refractivity contribution is 0.223. The summed E-state index contributed by atoms with van der Waals surface area (Å²) in [6.07, 6.45) is 4.61. The molecule has 0 radical (unpaired) electrons. The second-order valence-electron chi connectivity index (χ2n) is 5.83. The molecule has 2 aromatic rings. The molecule has 1 atom stereocenters. The van der Waals surface area contributed by atoms with Crippen LogP contribution in [0.2, 0.25) is 0 Å². The topological polar surface area (TPSA) is 45.1 Å². The fourth-order valence-corrected chi connectivity index (χ4v) is 2.46. The number of pyridine rings is 1. The standard InChI is InChI=1S/C18H24N2O/c1-14(2)10-18(13-21)20-12-15-4-3-5-17(11-15)16-6-8-19-9-7-16/h3-9,11,14,18,20-21H,10,12-13H2,1-2H3. The van der Waals surface area contributed by atoms with Gasteiger partial charge in [-0.15, -0.1) is 0 Å². The Morgan fingerprint density at radius 3 is 2.52 bits per heavy atom. The number of nitrogens with zero attached hydrogens (tertiary/aromatic N) is 1. The van der Waals surface area contributed by atoms with Gasteiger partial charge in [-0.2, -0.15) is 0 Å². The fourth-order valence-electron chi connectivity index (χ4n) is 2.46. The summed E-state index contributed by atoms with van der Waals surface area (Å²) < 4.78 is 0. The highest BCUT2D eigenvalue weighted by atomic mass is 16.3. The molecule has 0 aliphatic heterocycles. The first kappa shape index (κ1) is 15.7. The molecule has 0 saturated heterocycles. The van der Waals surface area contributed by atoms with Crippen LogP contribution < -0.4 is 5.32 Å². The van der Waals surface area contributed by atoms with Gasteiger partial charge in [0.05, 0.1) is 6.61 Å². The molecule has 112 valence electrons. The van der Waals surface area contributed by atoms with Crippen LogP contribution in [0.5, 0.6) is 0 Å². The van der Waals surface area contributed by atoms with Gasteiger partial charge in [-0.25, -0.2) is 0 Å². The maximum atomic E-state index is 9.42. The summed E-state index contributed by atoms with van der Waals surface area (Å²) in [5.41, 5.74) is 3.60. The van der Waals surface area contributed by atoms with E-state index in [9.17, 15) is 5.11 Å². The van der Waals surface area contributed by atoms with Gasteiger partial charge in [-0.1, -0.05) is 32.0 Å². The van der Waals surface area contributed by atoms with Gasteiger partial charge in [0.15, 0.2) is 0 Å². The van der Waals surface area contributed by atoms with Crippen LogP contribution in [0.3, 0.4) is 0 Å².